The van der Waals surface area contributed by atoms with Crippen LogP contribution in [0.5, 0.6) is 0 Å². The SMILES string of the molecule is Cl.NC(=O)O.NCCCCN. The second-order valence-electron chi connectivity index (χ2n) is 1.62. The molecule has 70 valence electrons. The monoisotopic (exact) mass is 185 g/mol. The molecule has 0 aromatic heterocycles. The van der Waals surface area contributed by atoms with E-state index in [9.17, 15) is 0 Å². The van der Waals surface area contributed by atoms with Crippen LogP contribution in [0.15, 0.2) is 0 Å². The van der Waals surface area contributed by atoms with Crippen LogP contribution in [0, 0.1) is 0 Å². The van der Waals surface area contributed by atoms with Gasteiger partial charge < -0.3 is 22.3 Å². The number of carbonyl (C=O) groups is 1. The molecule has 7 N–H and O–H groups in total. The zero-order valence-electron chi connectivity index (χ0n) is 6.32. The van der Waals surface area contributed by atoms with Crippen LogP contribution in [0.3, 0.4) is 0 Å². The minimum atomic E-state index is -1.33. The number of unbranched alkanes of at least 4 members (excludes halogenated alkanes) is 1. The Morgan fingerprint density at radius 3 is 1.45 bits per heavy atom. The molecular weight excluding hydrogens is 170 g/mol. The van der Waals surface area contributed by atoms with Crippen molar-refractivity contribution in [3.05, 3.63) is 0 Å². The summed E-state index contributed by atoms with van der Waals surface area (Å²) in [5.74, 6) is 0. The number of amides is 1. The van der Waals surface area contributed by atoms with Gasteiger partial charge in [-0.1, -0.05) is 0 Å². The molecule has 6 heteroatoms. The number of nitrogens with two attached hydrogens (primary N) is 3. The third-order valence-electron chi connectivity index (χ3n) is 0.658. The summed E-state index contributed by atoms with van der Waals surface area (Å²) in [4.78, 5) is 8.78. The van der Waals surface area contributed by atoms with E-state index in [1.165, 1.54) is 0 Å². The Kier molecular flexibility index (Phi) is 24.8. The summed E-state index contributed by atoms with van der Waals surface area (Å²) < 4.78 is 0. The van der Waals surface area contributed by atoms with Gasteiger partial charge in [-0.15, -0.1) is 12.4 Å². The van der Waals surface area contributed by atoms with E-state index in [0.29, 0.717) is 0 Å². The smallest absolute Gasteiger partial charge is 0.402 e. The van der Waals surface area contributed by atoms with Gasteiger partial charge >= 0.3 is 6.09 Å². The van der Waals surface area contributed by atoms with E-state index >= 15 is 0 Å². The van der Waals surface area contributed by atoms with Crippen molar-refractivity contribution in [2.24, 2.45) is 17.2 Å². The van der Waals surface area contributed by atoms with Crippen molar-refractivity contribution in [1.82, 2.24) is 0 Å². The van der Waals surface area contributed by atoms with Gasteiger partial charge in [-0.25, -0.2) is 4.79 Å². The summed E-state index contributed by atoms with van der Waals surface area (Å²) in [7, 11) is 0. The molecule has 1 amide bonds. The highest BCUT2D eigenvalue weighted by Gasteiger charge is 1.75. The number of halogens is 1. The highest BCUT2D eigenvalue weighted by molar-refractivity contribution is 5.85. The van der Waals surface area contributed by atoms with Gasteiger partial charge in [0.25, 0.3) is 0 Å². The third-order valence-corrected chi connectivity index (χ3v) is 0.658. The number of hydrogen-bond donors (Lipinski definition) is 4. The quantitative estimate of drug-likeness (QED) is 0.453. The van der Waals surface area contributed by atoms with E-state index in [1.54, 1.807) is 0 Å². The maximum absolute atomic E-state index is 8.78. The minimum absolute atomic E-state index is 0. The lowest BCUT2D eigenvalue weighted by Crippen LogP contribution is -2.03. The van der Waals surface area contributed by atoms with Crippen LogP contribution >= 0.6 is 12.4 Å². The number of primary amides is 1. The van der Waals surface area contributed by atoms with Crippen LogP contribution in [0.4, 0.5) is 4.79 Å². The Labute approximate surface area is 72.3 Å². The molecule has 0 saturated heterocycles. The van der Waals surface area contributed by atoms with Crippen molar-refractivity contribution in [2.45, 2.75) is 12.8 Å². The molecule has 11 heavy (non-hydrogen) atoms. The first kappa shape index (κ1) is 16.8. The summed E-state index contributed by atoms with van der Waals surface area (Å²) in [6.45, 7) is 1.55. The van der Waals surface area contributed by atoms with Crippen LogP contribution < -0.4 is 17.2 Å². The number of carboxylic acid groups (broad SMARTS) is 1. The Morgan fingerprint density at radius 1 is 1.18 bits per heavy atom. The van der Waals surface area contributed by atoms with Crippen molar-refractivity contribution in [2.75, 3.05) is 13.1 Å². The number of hydrogen-bond acceptors (Lipinski definition) is 3. The maximum Gasteiger partial charge on any atom is 0.402 e. The molecule has 0 spiro atoms. The summed E-state index contributed by atoms with van der Waals surface area (Å²) in [6, 6.07) is 0. The van der Waals surface area contributed by atoms with E-state index in [0.717, 1.165) is 25.9 Å². The fourth-order valence-electron chi connectivity index (χ4n) is 0.289. The Hall–Kier alpha value is -0.520. The fourth-order valence-corrected chi connectivity index (χ4v) is 0.289. The summed E-state index contributed by atoms with van der Waals surface area (Å²) >= 11 is 0. The average Bonchev–Trinajstić information content (AvgIpc) is 1.82. The second-order valence-corrected chi connectivity index (χ2v) is 1.62. The first-order valence-electron chi connectivity index (χ1n) is 3.03. The van der Waals surface area contributed by atoms with Crippen molar-refractivity contribution in [1.29, 1.82) is 0 Å². The van der Waals surface area contributed by atoms with Crippen LogP contribution in [0.1, 0.15) is 12.8 Å². The van der Waals surface area contributed by atoms with Gasteiger partial charge in [-0.3, -0.25) is 0 Å². The zero-order valence-corrected chi connectivity index (χ0v) is 7.14. The molecule has 0 aliphatic carbocycles. The standard InChI is InChI=1S/C4H12N2.CH3NO2.ClH/c5-3-1-2-4-6;2-1(3)4;/h1-6H2;2H2,(H,3,4);1H. The van der Waals surface area contributed by atoms with E-state index in [-0.39, 0.29) is 12.4 Å². The van der Waals surface area contributed by atoms with E-state index in [2.05, 4.69) is 5.73 Å². The Balaban J connectivity index is -0.000000114. The molecular formula is C5H16ClN3O2. The minimum Gasteiger partial charge on any atom is -0.465 e. The van der Waals surface area contributed by atoms with Crippen LogP contribution in [-0.4, -0.2) is 24.3 Å². The van der Waals surface area contributed by atoms with Crippen molar-refractivity contribution in [3.63, 3.8) is 0 Å². The molecule has 0 heterocycles. The fraction of sp³-hybridized carbons (Fsp3) is 0.800. The predicted molar refractivity (Wildman–Crippen MR) is 46.8 cm³/mol. The molecule has 0 bridgehead atoms. The van der Waals surface area contributed by atoms with Gasteiger partial charge in [0.15, 0.2) is 0 Å². The molecule has 0 saturated carbocycles. The van der Waals surface area contributed by atoms with E-state index in [1.807, 2.05) is 0 Å². The number of rotatable bonds is 3. The van der Waals surface area contributed by atoms with Crippen LogP contribution in [0.25, 0.3) is 0 Å². The summed E-state index contributed by atoms with van der Waals surface area (Å²) in [6.07, 6.45) is 0.799. The van der Waals surface area contributed by atoms with Gasteiger partial charge in [0, 0.05) is 0 Å². The van der Waals surface area contributed by atoms with Gasteiger partial charge in [0.2, 0.25) is 0 Å². The largest absolute Gasteiger partial charge is 0.465 e. The molecule has 0 aromatic carbocycles. The lowest BCUT2D eigenvalue weighted by atomic mass is 10.3. The summed E-state index contributed by atoms with van der Waals surface area (Å²) in [5, 5.41) is 7.19. The topological polar surface area (TPSA) is 115 Å². The van der Waals surface area contributed by atoms with E-state index < -0.39 is 6.09 Å². The van der Waals surface area contributed by atoms with Gasteiger partial charge in [0.05, 0.1) is 0 Å². The Morgan fingerprint density at radius 2 is 1.36 bits per heavy atom. The highest BCUT2D eigenvalue weighted by atomic mass is 35.5. The lowest BCUT2D eigenvalue weighted by molar-refractivity contribution is 0.205. The first-order chi connectivity index (χ1) is 4.65. The lowest BCUT2D eigenvalue weighted by Gasteiger charge is -1.87. The molecule has 0 atom stereocenters. The molecule has 0 aliphatic rings. The molecule has 0 radical (unpaired) electrons. The van der Waals surface area contributed by atoms with Crippen LogP contribution in [0.2, 0.25) is 0 Å². The molecule has 5 nitrogen and oxygen atoms in total. The van der Waals surface area contributed by atoms with E-state index in [4.69, 9.17) is 21.4 Å². The van der Waals surface area contributed by atoms with Crippen molar-refractivity contribution in [3.8, 4) is 0 Å². The molecule has 0 aliphatic heterocycles. The molecule has 0 rings (SSSR count). The summed E-state index contributed by atoms with van der Waals surface area (Å²) in [5.41, 5.74) is 14.3. The average molecular weight is 186 g/mol. The predicted octanol–water partition coefficient (Wildman–Crippen LogP) is -0.271. The van der Waals surface area contributed by atoms with Gasteiger partial charge in [0.1, 0.15) is 0 Å². The van der Waals surface area contributed by atoms with Crippen molar-refractivity contribution < 1.29 is 9.90 Å². The van der Waals surface area contributed by atoms with Crippen molar-refractivity contribution >= 4 is 18.5 Å². The van der Waals surface area contributed by atoms with Gasteiger partial charge in [-0.05, 0) is 25.9 Å². The first-order valence-corrected chi connectivity index (χ1v) is 3.03. The highest BCUT2D eigenvalue weighted by Crippen LogP contribution is 1.77. The van der Waals surface area contributed by atoms with Gasteiger partial charge in [-0.2, -0.15) is 0 Å². The molecule has 0 aromatic rings. The normalized spacial score (nSPS) is 7.09. The maximum atomic E-state index is 8.78. The Bertz CT molecular complexity index is 74.1. The second kappa shape index (κ2) is 16.2. The zero-order chi connectivity index (χ0) is 8.41. The molecule has 0 fully saturated rings. The van der Waals surface area contributed by atoms with Crippen LogP contribution in [-0.2, 0) is 0 Å². The molecule has 0 unspecified atom stereocenters. The third kappa shape index (κ3) is 86.2.